The molecule has 5 heteroatoms. The Bertz CT molecular complexity index is 411. The SMILES string of the molecule is O=C(NC1CCCC1n1ccnc1)[C@@H]1CCCNC1. The standard InChI is InChI=1S/C14H22N4O/c19-14(11-3-2-6-15-9-11)17-12-4-1-5-13(12)18-8-7-16-10-18/h7-8,10-13,15H,1-6,9H2,(H,17,19)/t11-,12?,13?/m1/s1. The number of imidazole rings is 1. The largest absolute Gasteiger partial charge is 0.351 e. The van der Waals surface area contributed by atoms with E-state index < -0.39 is 0 Å². The highest BCUT2D eigenvalue weighted by molar-refractivity contribution is 5.79. The molecule has 0 spiro atoms. The van der Waals surface area contributed by atoms with E-state index in [0.29, 0.717) is 6.04 Å². The Kier molecular flexibility index (Phi) is 3.82. The number of aromatic nitrogens is 2. The Morgan fingerprint density at radius 1 is 1.32 bits per heavy atom. The van der Waals surface area contributed by atoms with E-state index in [-0.39, 0.29) is 17.9 Å². The molecule has 1 amide bonds. The molecule has 0 radical (unpaired) electrons. The van der Waals surface area contributed by atoms with Gasteiger partial charge in [-0.2, -0.15) is 0 Å². The van der Waals surface area contributed by atoms with Crippen molar-refractivity contribution in [2.24, 2.45) is 5.92 Å². The summed E-state index contributed by atoms with van der Waals surface area (Å²) in [6.07, 6.45) is 11.2. The predicted octanol–water partition coefficient (Wildman–Crippen LogP) is 1.09. The van der Waals surface area contributed by atoms with Crippen molar-refractivity contribution in [1.29, 1.82) is 0 Å². The lowest BCUT2D eigenvalue weighted by Gasteiger charge is -2.27. The molecule has 0 bridgehead atoms. The summed E-state index contributed by atoms with van der Waals surface area (Å²) in [5.41, 5.74) is 0. The molecular formula is C14H22N4O. The Labute approximate surface area is 113 Å². The zero-order chi connectivity index (χ0) is 13.1. The topological polar surface area (TPSA) is 59.0 Å². The number of amides is 1. The monoisotopic (exact) mass is 262 g/mol. The quantitative estimate of drug-likeness (QED) is 0.857. The van der Waals surface area contributed by atoms with Crippen molar-refractivity contribution in [3.63, 3.8) is 0 Å². The zero-order valence-corrected chi connectivity index (χ0v) is 11.2. The van der Waals surface area contributed by atoms with Gasteiger partial charge in [-0.3, -0.25) is 4.79 Å². The summed E-state index contributed by atoms with van der Waals surface area (Å²) in [6, 6.07) is 0.645. The van der Waals surface area contributed by atoms with Crippen molar-refractivity contribution in [3.05, 3.63) is 18.7 Å². The van der Waals surface area contributed by atoms with Gasteiger partial charge >= 0.3 is 0 Å². The second kappa shape index (κ2) is 5.74. The van der Waals surface area contributed by atoms with Crippen LogP contribution in [-0.4, -0.2) is 34.6 Å². The van der Waals surface area contributed by atoms with Gasteiger partial charge in [0.15, 0.2) is 0 Å². The first-order valence-corrected chi connectivity index (χ1v) is 7.33. The highest BCUT2D eigenvalue weighted by atomic mass is 16.2. The molecule has 2 unspecified atom stereocenters. The minimum absolute atomic E-state index is 0.151. The van der Waals surface area contributed by atoms with Crippen LogP contribution in [0, 0.1) is 5.92 Å². The molecule has 3 atom stereocenters. The molecule has 2 heterocycles. The average Bonchev–Trinajstić information content (AvgIpc) is 3.10. The number of carbonyl (C=O) groups is 1. The normalized spacial score (nSPS) is 31.3. The molecule has 1 aromatic rings. The van der Waals surface area contributed by atoms with E-state index in [2.05, 4.69) is 20.2 Å². The smallest absolute Gasteiger partial charge is 0.224 e. The van der Waals surface area contributed by atoms with E-state index in [4.69, 9.17) is 0 Å². The average molecular weight is 262 g/mol. The van der Waals surface area contributed by atoms with Crippen LogP contribution in [0.1, 0.15) is 38.1 Å². The number of nitrogens with zero attached hydrogens (tertiary/aromatic N) is 2. The number of hydrogen-bond acceptors (Lipinski definition) is 3. The van der Waals surface area contributed by atoms with E-state index in [1.54, 1.807) is 0 Å². The second-order valence-electron chi connectivity index (χ2n) is 5.67. The molecule has 2 N–H and O–H groups in total. The maximum absolute atomic E-state index is 12.3. The van der Waals surface area contributed by atoms with E-state index >= 15 is 0 Å². The van der Waals surface area contributed by atoms with Crippen LogP contribution in [0.5, 0.6) is 0 Å². The van der Waals surface area contributed by atoms with Crippen molar-refractivity contribution in [1.82, 2.24) is 20.2 Å². The van der Waals surface area contributed by atoms with Gasteiger partial charge in [-0.1, -0.05) is 0 Å². The van der Waals surface area contributed by atoms with Gasteiger partial charge in [0, 0.05) is 25.0 Å². The fourth-order valence-corrected chi connectivity index (χ4v) is 3.31. The molecule has 1 aliphatic carbocycles. The summed E-state index contributed by atoms with van der Waals surface area (Å²) in [4.78, 5) is 16.4. The summed E-state index contributed by atoms with van der Waals surface area (Å²) in [7, 11) is 0. The van der Waals surface area contributed by atoms with Gasteiger partial charge in [-0.25, -0.2) is 4.98 Å². The van der Waals surface area contributed by atoms with Gasteiger partial charge in [0.05, 0.1) is 18.3 Å². The molecule has 3 rings (SSSR count). The lowest BCUT2D eigenvalue weighted by atomic mass is 9.98. The zero-order valence-electron chi connectivity index (χ0n) is 11.2. The highest BCUT2D eigenvalue weighted by Crippen LogP contribution is 2.30. The fourth-order valence-electron chi connectivity index (χ4n) is 3.31. The fraction of sp³-hybridized carbons (Fsp3) is 0.714. The Balaban J connectivity index is 1.60. The van der Waals surface area contributed by atoms with Crippen LogP contribution in [0.2, 0.25) is 0 Å². The van der Waals surface area contributed by atoms with Gasteiger partial charge in [0.25, 0.3) is 0 Å². The van der Waals surface area contributed by atoms with Crippen LogP contribution in [0.3, 0.4) is 0 Å². The minimum atomic E-state index is 0.151. The Morgan fingerprint density at radius 3 is 3.00 bits per heavy atom. The lowest BCUT2D eigenvalue weighted by Crippen LogP contribution is -2.45. The third kappa shape index (κ3) is 2.81. The van der Waals surface area contributed by atoms with E-state index in [1.165, 1.54) is 6.42 Å². The molecular weight excluding hydrogens is 240 g/mol. The van der Waals surface area contributed by atoms with Crippen LogP contribution in [0.15, 0.2) is 18.7 Å². The van der Waals surface area contributed by atoms with E-state index in [0.717, 1.165) is 38.8 Å². The van der Waals surface area contributed by atoms with Crippen molar-refractivity contribution >= 4 is 5.91 Å². The third-order valence-corrected chi connectivity index (χ3v) is 4.38. The van der Waals surface area contributed by atoms with E-state index in [1.807, 2.05) is 18.7 Å². The summed E-state index contributed by atoms with van der Waals surface area (Å²) < 4.78 is 2.14. The molecule has 2 fully saturated rings. The second-order valence-corrected chi connectivity index (χ2v) is 5.67. The lowest BCUT2D eigenvalue weighted by molar-refractivity contribution is -0.126. The van der Waals surface area contributed by atoms with Crippen LogP contribution >= 0.6 is 0 Å². The van der Waals surface area contributed by atoms with Crippen LogP contribution in [0.4, 0.5) is 0 Å². The molecule has 19 heavy (non-hydrogen) atoms. The van der Waals surface area contributed by atoms with Crippen LogP contribution in [0.25, 0.3) is 0 Å². The maximum Gasteiger partial charge on any atom is 0.224 e. The molecule has 1 aromatic heterocycles. The first-order valence-electron chi connectivity index (χ1n) is 7.33. The first-order chi connectivity index (χ1) is 9.34. The summed E-state index contributed by atoms with van der Waals surface area (Å²) >= 11 is 0. The number of hydrogen-bond donors (Lipinski definition) is 2. The molecule has 1 saturated heterocycles. The van der Waals surface area contributed by atoms with Crippen molar-refractivity contribution < 1.29 is 4.79 Å². The Hall–Kier alpha value is -1.36. The van der Waals surface area contributed by atoms with Gasteiger partial charge in [-0.15, -0.1) is 0 Å². The van der Waals surface area contributed by atoms with Gasteiger partial charge in [0.2, 0.25) is 5.91 Å². The van der Waals surface area contributed by atoms with Crippen LogP contribution < -0.4 is 10.6 Å². The first kappa shape index (κ1) is 12.7. The number of nitrogens with one attached hydrogen (secondary N) is 2. The number of carbonyl (C=O) groups excluding carboxylic acids is 1. The summed E-state index contributed by atoms with van der Waals surface area (Å²) in [5, 5.41) is 6.56. The molecule has 0 aromatic carbocycles. The molecule has 1 aliphatic heterocycles. The molecule has 2 aliphatic rings. The molecule has 1 saturated carbocycles. The van der Waals surface area contributed by atoms with E-state index in [9.17, 15) is 4.79 Å². The maximum atomic E-state index is 12.3. The molecule has 104 valence electrons. The summed E-state index contributed by atoms with van der Waals surface area (Å²) in [5.74, 6) is 0.377. The van der Waals surface area contributed by atoms with Crippen molar-refractivity contribution in [3.8, 4) is 0 Å². The van der Waals surface area contributed by atoms with Gasteiger partial charge in [-0.05, 0) is 38.6 Å². The Morgan fingerprint density at radius 2 is 2.26 bits per heavy atom. The number of rotatable bonds is 3. The highest BCUT2D eigenvalue weighted by Gasteiger charge is 2.31. The number of piperidine rings is 1. The summed E-state index contributed by atoms with van der Waals surface area (Å²) in [6.45, 7) is 1.87. The van der Waals surface area contributed by atoms with Crippen LogP contribution in [-0.2, 0) is 4.79 Å². The van der Waals surface area contributed by atoms with Crippen molar-refractivity contribution in [2.75, 3.05) is 13.1 Å². The van der Waals surface area contributed by atoms with Gasteiger partial charge in [0.1, 0.15) is 0 Å². The van der Waals surface area contributed by atoms with Gasteiger partial charge < -0.3 is 15.2 Å². The third-order valence-electron chi connectivity index (χ3n) is 4.38. The minimum Gasteiger partial charge on any atom is -0.351 e. The van der Waals surface area contributed by atoms with Crippen molar-refractivity contribution in [2.45, 2.75) is 44.2 Å². The predicted molar refractivity (Wildman–Crippen MR) is 72.6 cm³/mol. The molecule has 5 nitrogen and oxygen atoms in total.